The van der Waals surface area contributed by atoms with E-state index in [9.17, 15) is 0 Å². The summed E-state index contributed by atoms with van der Waals surface area (Å²) in [5, 5.41) is 3.75. The van der Waals surface area contributed by atoms with Crippen molar-refractivity contribution in [2.24, 2.45) is 17.3 Å². The Kier molecular flexibility index (Phi) is 3.92. The maximum absolute atomic E-state index is 5.68. The largest absolute Gasteiger partial charge is 0.382 e. The first-order chi connectivity index (χ1) is 8.81. The van der Waals surface area contributed by atoms with Crippen molar-refractivity contribution < 1.29 is 9.47 Å². The summed E-state index contributed by atoms with van der Waals surface area (Å²) in [6.45, 7) is 3.61. The second kappa shape index (κ2) is 5.48. The zero-order valence-electron chi connectivity index (χ0n) is 11.6. The van der Waals surface area contributed by atoms with Crippen molar-refractivity contribution in [1.82, 2.24) is 5.32 Å². The van der Waals surface area contributed by atoms with E-state index in [1.165, 1.54) is 45.1 Å². The molecule has 3 aliphatic carbocycles. The molecule has 104 valence electrons. The van der Waals surface area contributed by atoms with Gasteiger partial charge in [0.1, 0.15) is 0 Å². The van der Waals surface area contributed by atoms with Crippen molar-refractivity contribution in [2.45, 2.75) is 44.6 Å². The lowest BCUT2D eigenvalue weighted by atomic mass is 9.80. The lowest BCUT2D eigenvalue weighted by molar-refractivity contribution is 0.0490. The first-order valence-corrected chi connectivity index (χ1v) is 7.61. The van der Waals surface area contributed by atoms with Crippen LogP contribution in [0.25, 0.3) is 0 Å². The van der Waals surface area contributed by atoms with Crippen LogP contribution in [0.1, 0.15) is 38.5 Å². The minimum absolute atomic E-state index is 0.559. The van der Waals surface area contributed by atoms with Crippen molar-refractivity contribution in [3.8, 4) is 0 Å². The molecule has 0 bridgehead atoms. The molecule has 2 atom stereocenters. The summed E-state index contributed by atoms with van der Waals surface area (Å²) in [5.41, 5.74) is 0.559. The van der Waals surface area contributed by atoms with Gasteiger partial charge in [-0.15, -0.1) is 0 Å². The molecule has 3 nitrogen and oxygen atoms in total. The molecule has 0 spiro atoms. The van der Waals surface area contributed by atoms with E-state index in [0.717, 1.165) is 37.7 Å². The average molecular weight is 253 g/mol. The van der Waals surface area contributed by atoms with Crippen LogP contribution in [0.15, 0.2) is 0 Å². The maximum atomic E-state index is 5.68. The van der Waals surface area contributed by atoms with Gasteiger partial charge < -0.3 is 14.8 Å². The van der Waals surface area contributed by atoms with Crippen LogP contribution < -0.4 is 5.32 Å². The minimum atomic E-state index is 0.559. The highest BCUT2D eigenvalue weighted by atomic mass is 16.5. The van der Waals surface area contributed by atoms with Crippen molar-refractivity contribution in [3.05, 3.63) is 0 Å². The van der Waals surface area contributed by atoms with Gasteiger partial charge in [-0.3, -0.25) is 0 Å². The Bertz CT molecular complexity index is 268. The molecule has 0 aliphatic heterocycles. The Hall–Kier alpha value is -0.120. The van der Waals surface area contributed by atoms with E-state index in [0.29, 0.717) is 5.41 Å². The predicted molar refractivity (Wildman–Crippen MR) is 71.6 cm³/mol. The number of ether oxygens (including phenoxy) is 2. The van der Waals surface area contributed by atoms with Crippen LogP contribution in [0, 0.1) is 17.3 Å². The third kappa shape index (κ3) is 3.25. The third-order valence-electron chi connectivity index (χ3n) is 5.01. The highest BCUT2D eigenvalue weighted by molar-refractivity contribution is 5.04. The topological polar surface area (TPSA) is 30.5 Å². The number of hydrogen-bond acceptors (Lipinski definition) is 3. The summed E-state index contributed by atoms with van der Waals surface area (Å²) in [5.74, 6) is 2.12. The summed E-state index contributed by atoms with van der Waals surface area (Å²) in [7, 11) is 1.73. The Labute approximate surface area is 111 Å². The highest BCUT2D eigenvalue weighted by Gasteiger charge is 2.53. The van der Waals surface area contributed by atoms with Crippen LogP contribution in [-0.4, -0.2) is 39.5 Å². The van der Waals surface area contributed by atoms with Crippen LogP contribution in [-0.2, 0) is 9.47 Å². The van der Waals surface area contributed by atoms with Crippen molar-refractivity contribution >= 4 is 0 Å². The Morgan fingerprint density at radius 2 is 1.89 bits per heavy atom. The summed E-state index contributed by atoms with van der Waals surface area (Å²) >= 11 is 0. The molecule has 0 radical (unpaired) electrons. The number of rotatable bonds is 9. The molecule has 0 saturated heterocycles. The van der Waals surface area contributed by atoms with Crippen molar-refractivity contribution in [2.75, 3.05) is 33.5 Å². The normalized spacial score (nSPS) is 37.8. The molecule has 3 heteroatoms. The smallest absolute Gasteiger partial charge is 0.0700 e. The number of methoxy groups -OCH3 is 1. The number of hydrogen-bond donors (Lipinski definition) is 1. The van der Waals surface area contributed by atoms with Gasteiger partial charge in [0.05, 0.1) is 13.2 Å². The second-order valence-corrected chi connectivity index (χ2v) is 6.67. The standard InChI is InChI=1S/C15H27NO2/c1-17-6-7-18-5-4-15(11-16-14-2-3-14)9-12-8-13(12)10-15/h12-14,16H,2-11H2,1H3. The summed E-state index contributed by atoms with van der Waals surface area (Å²) in [6.07, 6.45) is 8.44. The molecule has 2 unspecified atom stereocenters. The average Bonchev–Trinajstić information content (AvgIpc) is 3.28. The fourth-order valence-electron chi connectivity index (χ4n) is 3.62. The molecule has 0 aromatic carbocycles. The van der Waals surface area contributed by atoms with Gasteiger partial charge in [0.2, 0.25) is 0 Å². The van der Waals surface area contributed by atoms with Crippen molar-refractivity contribution in [1.29, 1.82) is 0 Å². The lowest BCUT2D eigenvalue weighted by Gasteiger charge is -2.31. The minimum Gasteiger partial charge on any atom is -0.382 e. The van der Waals surface area contributed by atoms with Gasteiger partial charge in [-0.25, -0.2) is 0 Å². The van der Waals surface area contributed by atoms with E-state index in [1.54, 1.807) is 7.11 Å². The molecule has 3 fully saturated rings. The maximum Gasteiger partial charge on any atom is 0.0700 e. The molecular weight excluding hydrogens is 226 g/mol. The molecule has 1 N–H and O–H groups in total. The number of fused-ring (bicyclic) bond motifs is 1. The molecule has 3 aliphatic rings. The number of nitrogens with one attached hydrogen (secondary N) is 1. The quantitative estimate of drug-likeness (QED) is 0.639. The van der Waals surface area contributed by atoms with Gasteiger partial charge in [-0.2, -0.15) is 0 Å². The van der Waals surface area contributed by atoms with E-state index in [1.807, 2.05) is 0 Å². The Morgan fingerprint density at radius 1 is 1.11 bits per heavy atom. The molecule has 0 aromatic rings. The van der Waals surface area contributed by atoms with E-state index in [4.69, 9.17) is 9.47 Å². The predicted octanol–water partition coefficient (Wildman–Crippen LogP) is 2.21. The van der Waals surface area contributed by atoms with Crippen LogP contribution in [0.3, 0.4) is 0 Å². The third-order valence-corrected chi connectivity index (χ3v) is 5.01. The summed E-state index contributed by atoms with van der Waals surface area (Å²) in [6, 6.07) is 0.841. The first-order valence-electron chi connectivity index (χ1n) is 7.61. The van der Waals surface area contributed by atoms with Gasteiger partial charge in [0, 0.05) is 26.3 Å². The van der Waals surface area contributed by atoms with Crippen LogP contribution in [0.4, 0.5) is 0 Å². The zero-order valence-corrected chi connectivity index (χ0v) is 11.6. The molecule has 3 saturated carbocycles. The van der Waals surface area contributed by atoms with Gasteiger partial charge in [0.25, 0.3) is 0 Å². The molecule has 18 heavy (non-hydrogen) atoms. The molecule has 0 aromatic heterocycles. The Balaban J connectivity index is 1.40. The second-order valence-electron chi connectivity index (χ2n) is 6.67. The molecule has 0 heterocycles. The molecule has 3 rings (SSSR count). The fourth-order valence-corrected chi connectivity index (χ4v) is 3.62. The fraction of sp³-hybridized carbons (Fsp3) is 1.00. The summed E-state index contributed by atoms with van der Waals surface area (Å²) in [4.78, 5) is 0. The SMILES string of the molecule is COCCOCCC1(CNC2CC2)CC2CC2C1. The van der Waals surface area contributed by atoms with Gasteiger partial charge in [-0.1, -0.05) is 0 Å². The van der Waals surface area contributed by atoms with Crippen LogP contribution >= 0.6 is 0 Å². The van der Waals surface area contributed by atoms with E-state index >= 15 is 0 Å². The lowest BCUT2D eigenvalue weighted by Crippen LogP contribution is -2.35. The van der Waals surface area contributed by atoms with Crippen LogP contribution in [0.2, 0.25) is 0 Å². The summed E-state index contributed by atoms with van der Waals surface area (Å²) < 4.78 is 10.7. The van der Waals surface area contributed by atoms with Crippen molar-refractivity contribution in [3.63, 3.8) is 0 Å². The van der Waals surface area contributed by atoms with E-state index < -0.39 is 0 Å². The van der Waals surface area contributed by atoms with Crippen LogP contribution in [0.5, 0.6) is 0 Å². The van der Waals surface area contributed by atoms with Gasteiger partial charge in [-0.05, 0) is 55.8 Å². The first kappa shape index (κ1) is 12.9. The zero-order chi connectivity index (χ0) is 12.4. The highest BCUT2D eigenvalue weighted by Crippen LogP contribution is 2.60. The van der Waals surface area contributed by atoms with Gasteiger partial charge >= 0.3 is 0 Å². The Morgan fingerprint density at radius 3 is 2.56 bits per heavy atom. The molecular formula is C15H27NO2. The molecule has 0 amide bonds. The van der Waals surface area contributed by atoms with Gasteiger partial charge in [0.15, 0.2) is 0 Å². The van der Waals surface area contributed by atoms with E-state index in [2.05, 4.69) is 5.32 Å². The van der Waals surface area contributed by atoms with E-state index in [-0.39, 0.29) is 0 Å². The monoisotopic (exact) mass is 253 g/mol.